The predicted octanol–water partition coefficient (Wildman–Crippen LogP) is 3.66. The lowest BCUT2D eigenvalue weighted by molar-refractivity contribution is 1.10. The smallest absolute Gasteiger partial charge is 0.0653 e. The molecule has 1 unspecified atom stereocenters. The van der Waals surface area contributed by atoms with Crippen LogP contribution in [-0.4, -0.2) is 0 Å². The molecule has 0 saturated carbocycles. The van der Waals surface area contributed by atoms with Crippen LogP contribution in [-0.2, 0) is 0 Å². The molecule has 1 rings (SSSR count). The van der Waals surface area contributed by atoms with Gasteiger partial charge in [-0.1, -0.05) is 0 Å². The highest BCUT2D eigenvalue weighted by molar-refractivity contribution is 7.12. The first-order valence-electron chi connectivity index (χ1n) is 3.32. The minimum atomic E-state index is 0.165. The molecule has 0 aliphatic rings. The summed E-state index contributed by atoms with van der Waals surface area (Å²) in [6, 6.07) is 2.18. The molecule has 0 N–H and O–H groups in total. The van der Waals surface area contributed by atoms with Crippen LogP contribution in [0.5, 0.6) is 0 Å². The van der Waals surface area contributed by atoms with Crippen molar-refractivity contribution < 1.29 is 0 Å². The summed E-state index contributed by atoms with van der Waals surface area (Å²) in [6.45, 7) is 6.23. The molecule has 0 nitrogen and oxygen atoms in total. The van der Waals surface area contributed by atoms with Gasteiger partial charge in [0.15, 0.2) is 0 Å². The summed E-state index contributed by atoms with van der Waals surface area (Å²) < 4.78 is 0. The highest BCUT2D eigenvalue weighted by Gasteiger charge is 2.07. The van der Waals surface area contributed by atoms with Gasteiger partial charge in [-0.15, -0.1) is 22.9 Å². The van der Waals surface area contributed by atoms with Gasteiger partial charge in [-0.05, 0) is 32.4 Å². The van der Waals surface area contributed by atoms with Gasteiger partial charge < -0.3 is 0 Å². The summed E-state index contributed by atoms with van der Waals surface area (Å²) >= 11 is 7.72. The van der Waals surface area contributed by atoms with Gasteiger partial charge in [0.1, 0.15) is 0 Å². The Labute approximate surface area is 70.8 Å². The van der Waals surface area contributed by atoms with Crippen LogP contribution in [0.1, 0.15) is 27.6 Å². The lowest BCUT2D eigenvalue weighted by Gasteiger charge is -1.98. The van der Waals surface area contributed by atoms with Crippen LogP contribution in [0.2, 0.25) is 0 Å². The van der Waals surface area contributed by atoms with E-state index in [9.17, 15) is 0 Å². The van der Waals surface area contributed by atoms with Crippen molar-refractivity contribution in [3.8, 4) is 0 Å². The third-order valence-corrected chi connectivity index (χ3v) is 3.12. The number of halogens is 1. The number of aryl methyl sites for hydroxylation is 2. The van der Waals surface area contributed by atoms with E-state index in [1.807, 2.05) is 6.92 Å². The summed E-state index contributed by atoms with van der Waals surface area (Å²) in [7, 11) is 0. The average Bonchev–Trinajstić information content (AvgIpc) is 2.10. The Balaban J connectivity index is 3.03. The third-order valence-electron chi connectivity index (χ3n) is 1.44. The molecule has 0 fully saturated rings. The molecular formula is C8H11ClS. The van der Waals surface area contributed by atoms with Crippen LogP contribution in [0.3, 0.4) is 0 Å². The SMILES string of the molecule is Cc1cc(C)c(C(C)Cl)s1. The maximum absolute atomic E-state index is 5.93. The van der Waals surface area contributed by atoms with E-state index >= 15 is 0 Å². The molecular weight excluding hydrogens is 164 g/mol. The molecule has 0 amide bonds. The van der Waals surface area contributed by atoms with Crippen molar-refractivity contribution in [3.63, 3.8) is 0 Å². The molecule has 1 aromatic heterocycles. The number of alkyl halides is 1. The largest absolute Gasteiger partial charge is 0.144 e. The molecule has 0 spiro atoms. The van der Waals surface area contributed by atoms with Crippen molar-refractivity contribution in [2.75, 3.05) is 0 Å². The quantitative estimate of drug-likeness (QED) is 0.570. The van der Waals surface area contributed by atoms with Crippen molar-refractivity contribution in [3.05, 3.63) is 21.4 Å². The summed E-state index contributed by atoms with van der Waals surface area (Å²) in [5.74, 6) is 0. The first kappa shape index (κ1) is 8.09. The number of thiophene rings is 1. The Hall–Kier alpha value is -0.0100. The van der Waals surface area contributed by atoms with Gasteiger partial charge in [0.2, 0.25) is 0 Å². The fraction of sp³-hybridized carbons (Fsp3) is 0.500. The lowest BCUT2D eigenvalue weighted by Crippen LogP contribution is -1.79. The van der Waals surface area contributed by atoms with E-state index < -0.39 is 0 Å². The maximum atomic E-state index is 5.93. The molecule has 0 aliphatic heterocycles. The number of rotatable bonds is 1. The second-order valence-electron chi connectivity index (χ2n) is 2.52. The van der Waals surface area contributed by atoms with Crippen LogP contribution >= 0.6 is 22.9 Å². The van der Waals surface area contributed by atoms with Crippen LogP contribution in [0, 0.1) is 13.8 Å². The molecule has 56 valence electrons. The Morgan fingerprint density at radius 1 is 1.50 bits per heavy atom. The second-order valence-corrected chi connectivity index (χ2v) is 4.46. The van der Waals surface area contributed by atoms with E-state index in [1.54, 1.807) is 11.3 Å². The molecule has 10 heavy (non-hydrogen) atoms. The van der Waals surface area contributed by atoms with Crippen LogP contribution in [0.4, 0.5) is 0 Å². The Bertz CT molecular complexity index is 225. The fourth-order valence-electron chi connectivity index (χ4n) is 1.05. The molecule has 1 atom stereocenters. The predicted molar refractivity (Wildman–Crippen MR) is 48.1 cm³/mol. The van der Waals surface area contributed by atoms with Gasteiger partial charge in [0.05, 0.1) is 5.38 Å². The topological polar surface area (TPSA) is 0 Å². The van der Waals surface area contributed by atoms with Crippen molar-refractivity contribution in [1.82, 2.24) is 0 Å². The average molecular weight is 175 g/mol. The molecule has 0 saturated heterocycles. The monoisotopic (exact) mass is 174 g/mol. The van der Waals surface area contributed by atoms with Gasteiger partial charge in [-0.3, -0.25) is 0 Å². The minimum Gasteiger partial charge on any atom is -0.144 e. The molecule has 0 radical (unpaired) electrons. The molecule has 1 aromatic rings. The standard InChI is InChI=1S/C8H11ClS/c1-5-4-6(2)10-8(5)7(3)9/h4,7H,1-3H3. The van der Waals surface area contributed by atoms with Crippen LogP contribution < -0.4 is 0 Å². The van der Waals surface area contributed by atoms with Crippen LogP contribution in [0.15, 0.2) is 6.07 Å². The molecule has 0 aliphatic carbocycles. The summed E-state index contributed by atoms with van der Waals surface area (Å²) in [5, 5.41) is 0.165. The number of hydrogen-bond donors (Lipinski definition) is 0. The van der Waals surface area contributed by atoms with Crippen molar-refractivity contribution >= 4 is 22.9 Å². The van der Waals surface area contributed by atoms with Gasteiger partial charge in [0, 0.05) is 9.75 Å². The fourth-order valence-corrected chi connectivity index (χ4v) is 2.32. The molecule has 1 heterocycles. The van der Waals surface area contributed by atoms with E-state index in [0.717, 1.165) is 0 Å². The van der Waals surface area contributed by atoms with Crippen LogP contribution in [0.25, 0.3) is 0 Å². The third kappa shape index (κ3) is 1.53. The zero-order chi connectivity index (χ0) is 7.72. The molecule has 2 heteroatoms. The van der Waals surface area contributed by atoms with E-state index in [1.165, 1.54) is 15.3 Å². The number of hydrogen-bond acceptors (Lipinski definition) is 1. The van der Waals surface area contributed by atoms with Gasteiger partial charge >= 0.3 is 0 Å². The highest BCUT2D eigenvalue weighted by atomic mass is 35.5. The zero-order valence-corrected chi connectivity index (χ0v) is 8.01. The lowest BCUT2D eigenvalue weighted by atomic mass is 10.2. The highest BCUT2D eigenvalue weighted by Crippen LogP contribution is 2.30. The van der Waals surface area contributed by atoms with E-state index in [0.29, 0.717) is 0 Å². The summed E-state index contributed by atoms with van der Waals surface area (Å²) in [5.41, 5.74) is 1.32. The zero-order valence-electron chi connectivity index (χ0n) is 6.44. The normalized spacial score (nSPS) is 13.6. The van der Waals surface area contributed by atoms with Crippen molar-refractivity contribution in [1.29, 1.82) is 0 Å². The van der Waals surface area contributed by atoms with Crippen molar-refractivity contribution in [2.45, 2.75) is 26.1 Å². The molecule has 0 aromatic carbocycles. The first-order chi connectivity index (χ1) is 4.61. The van der Waals surface area contributed by atoms with Crippen molar-refractivity contribution in [2.24, 2.45) is 0 Å². The Morgan fingerprint density at radius 2 is 2.10 bits per heavy atom. The van der Waals surface area contributed by atoms with E-state index in [-0.39, 0.29) is 5.38 Å². The Kier molecular flexibility index (Phi) is 2.37. The van der Waals surface area contributed by atoms with Gasteiger partial charge in [-0.2, -0.15) is 0 Å². The minimum absolute atomic E-state index is 0.165. The Morgan fingerprint density at radius 3 is 2.30 bits per heavy atom. The summed E-state index contributed by atoms with van der Waals surface area (Å²) in [4.78, 5) is 2.65. The van der Waals surface area contributed by atoms with E-state index in [2.05, 4.69) is 19.9 Å². The van der Waals surface area contributed by atoms with Gasteiger partial charge in [0.25, 0.3) is 0 Å². The van der Waals surface area contributed by atoms with E-state index in [4.69, 9.17) is 11.6 Å². The summed E-state index contributed by atoms with van der Waals surface area (Å²) in [6.07, 6.45) is 0. The first-order valence-corrected chi connectivity index (χ1v) is 4.57. The maximum Gasteiger partial charge on any atom is 0.0653 e. The second kappa shape index (κ2) is 2.93. The molecule has 0 bridgehead atoms. The van der Waals surface area contributed by atoms with Gasteiger partial charge in [-0.25, -0.2) is 0 Å².